The van der Waals surface area contributed by atoms with Gasteiger partial charge in [-0.1, -0.05) is 13.8 Å². The summed E-state index contributed by atoms with van der Waals surface area (Å²) in [7, 11) is 0. The van der Waals surface area contributed by atoms with Crippen LogP contribution in [0.2, 0.25) is 0 Å². The van der Waals surface area contributed by atoms with Crippen LogP contribution in [0.25, 0.3) is 0 Å². The molecule has 2 atom stereocenters. The SMILES string of the molecule is CC(C)C(NC(=O)c1ccco1)C(=O)N1CCCC(N2CCNCC2=O)C1.Cl. The van der Waals surface area contributed by atoms with Crippen LogP contribution in [0.3, 0.4) is 0 Å². The zero-order valence-electron chi connectivity index (χ0n) is 16.3. The van der Waals surface area contributed by atoms with Crippen LogP contribution < -0.4 is 10.6 Å². The average molecular weight is 413 g/mol. The lowest BCUT2D eigenvalue weighted by Crippen LogP contribution is -2.60. The number of nitrogens with zero attached hydrogens (tertiary/aromatic N) is 2. The summed E-state index contributed by atoms with van der Waals surface area (Å²) in [5.41, 5.74) is 0. The fraction of sp³-hybridized carbons (Fsp3) is 0.632. The van der Waals surface area contributed by atoms with Crippen molar-refractivity contribution in [3.8, 4) is 0 Å². The van der Waals surface area contributed by atoms with E-state index in [1.165, 1.54) is 6.26 Å². The second-order valence-electron chi connectivity index (χ2n) is 7.52. The number of hydrogen-bond acceptors (Lipinski definition) is 5. The van der Waals surface area contributed by atoms with Crippen LogP contribution in [0.4, 0.5) is 0 Å². The summed E-state index contributed by atoms with van der Waals surface area (Å²) in [6.07, 6.45) is 3.19. The van der Waals surface area contributed by atoms with E-state index in [2.05, 4.69) is 10.6 Å². The Hall–Kier alpha value is -2.06. The van der Waals surface area contributed by atoms with Crippen molar-refractivity contribution in [1.82, 2.24) is 20.4 Å². The van der Waals surface area contributed by atoms with Crippen LogP contribution in [0.5, 0.6) is 0 Å². The first-order valence-corrected chi connectivity index (χ1v) is 9.60. The van der Waals surface area contributed by atoms with Crippen LogP contribution in [0.1, 0.15) is 37.2 Å². The first-order valence-electron chi connectivity index (χ1n) is 9.60. The van der Waals surface area contributed by atoms with E-state index in [9.17, 15) is 14.4 Å². The Morgan fingerprint density at radius 1 is 1.32 bits per heavy atom. The van der Waals surface area contributed by atoms with E-state index in [0.717, 1.165) is 19.4 Å². The molecule has 1 aromatic rings. The highest BCUT2D eigenvalue weighted by molar-refractivity contribution is 5.95. The third-order valence-corrected chi connectivity index (χ3v) is 5.24. The molecule has 0 bridgehead atoms. The Morgan fingerprint density at radius 3 is 2.75 bits per heavy atom. The molecule has 2 saturated heterocycles. The zero-order valence-corrected chi connectivity index (χ0v) is 17.2. The molecule has 0 radical (unpaired) electrons. The second kappa shape index (κ2) is 9.93. The third-order valence-electron chi connectivity index (χ3n) is 5.24. The highest BCUT2D eigenvalue weighted by atomic mass is 35.5. The normalized spacial score (nSPS) is 21.2. The van der Waals surface area contributed by atoms with Crippen molar-refractivity contribution >= 4 is 30.1 Å². The predicted molar refractivity (Wildman–Crippen MR) is 106 cm³/mol. The van der Waals surface area contributed by atoms with E-state index in [-0.39, 0.29) is 41.9 Å². The maximum atomic E-state index is 13.1. The minimum atomic E-state index is -0.625. The van der Waals surface area contributed by atoms with E-state index >= 15 is 0 Å². The highest BCUT2D eigenvalue weighted by Gasteiger charge is 2.35. The van der Waals surface area contributed by atoms with Crippen LogP contribution in [0.15, 0.2) is 22.8 Å². The van der Waals surface area contributed by atoms with E-state index < -0.39 is 11.9 Å². The number of hydrogen-bond donors (Lipinski definition) is 2. The van der Waals surface area contributed by atoms with Gasteiger partial charge in [-0.25, -0.2) is 0 Å². The summed E-state index contributed by atoms with van der Waals surface area (Å²) in [4.78, 5) is 41.3. The number of carbonyl (C=O) groups excluding carboxylic acids is 3. The summed E-state index contributed by atoms with van der Waals surface area (Å²) in [6.45, 7) is 6.80. The molecule has 28 heavy (non-hydrogen) atoms. The summed E-state index contributed by atoms with van der Waals surface area (Å²) in [5, 5.41) is 5.88. The fourth-order valence-electron chi connectivity index (χ4n) is 3.75. The predicted octanol–water partition coefficient (Wildman–Crippen LogP) is 0.879. The van der Waals surface area contributed by atoms with Crippen molar-refractivity contribution < 1.29 is 18.8 Å². The molecule has 156 valence electrons. The number of nitrogens with one attached hydrogen (secondary N) is 2. The molecular weight excluding hydrogens is 384 g/mol. The lowest BCUT2D eigenvalue weighted by molar-refractivity contribution is -0.142. The smallest absolute Gasteiger partial charge is 0.287 e. The summed E-state index contributed by atoms with van der Waals surface area (Å²) in [5.74, 6) is -0.267. The van der Waals surface area contributed by atoms with E-state index in [0.29, 0.717) is 26.2 Å². The first kappa shape index (κ1) is 22.2. The largest absolute Gasteiger partial charge is 0.459 e. The van der Waals surface area contributed by atoms with E-state index in [4.69, 9.17) is 4.42 Å². The topological polar surface area (TPSA) is 94.9 Å². The van der Waals surface area contributed by atoms with Gasteiger partial charge in [0, 0.05) is 32.2 Å². The number of halogens is 1. The molecule has 0 aliphatic carbocycles. The molecule has 1 aromatic heterocycles. The number of carbonyl (C=O) groups is 3. The molecule has 0 spiro atoms. The summed E-state index contributed by atoms with van der Waals surface area (Å²) >= 11 is 0. The number of furan rings is 1. The summed E-state index contributed by atoms with van der Waals surface area (Å²) in [6, 6.07) is 2.64. The van der Waals surface area contributed by atoms with Gasteiger partial charge in [-0.3, -0.25) is 14.4 Å². The second-order valence-corrected chi connectivity index (χ2v) is 7.52. The third kappa shape index (κ3) is 5.05. The van der Waals surface area contributed by atoms with Gasteiger partial charge >= 0.3 is 0 Å². The van der Waals surface area contributed by atoms with Gasteiger partial charge in [-0.05, 0) is 30.9 Å². The highest BCUT2D eigenvalue weighted by Crippen LogP contribution is 2.19. The molecule has 0 aromatic carbocycles. The van der Waals surface area contributed by atoms with Crippen molar-refractivity contribution in [2.75, 3.05) is 32.7 Å². The molecule has 2 N–H and O–H groups in total. The van der Waals surface area contributed by atoms with Gasteiger partial charge in [-0.15, -0.1) is 12.4 Å². The fourth-order valence-corrected chi connectivity index (χ4v) is 3.75. The molecule has 2 unspecified atom stereocenters. The number of amides is 3. The molecule has 3 amide bonds. The van der Waals surface area contributed by atoms with E-state index in [1.54, 1.807) is 17.0 Å². The first-order chi connectivity index (χ1) is 13.0. The van der Waals surface area contributed by atoms with Crippen molar-refractivity contribution in [2.45, 2.75) is 38.8 Å². The lowest BCUT2D eigenvalue weighted by atomic mass is 9.98. The van der Waals surface area contributed by atoms with Crippen LogP contribution in [-0.4, -0.2) is 72.3 Å². The zero-order chi connectivity index (χ0) is 19.4. The van der Waals surface area contributed by atoms with Crippen molar-refractivity contribution in [1.29, 1.82) is 0 Å². The van der Waals surface area contributed by atoms with Gasteiger partial charge < -0.3 is 24.9 Å². The van der Waals surface area contributed by atoms with Gasteiger partial charge in [-0.2, -0.15) is 0 Å². The van der Waals surface area contributed by atoms with Crippen molar-refractivity contribution in [3.05, 3.63) is 24.2 Å². The molecule has 0 saturated carbocycles. The Morgan fingerprint density at radius 2 is 2.11 bits per heavy atom. The van der Waals surface area contributed by atoms with Gasteiger partial charge in [0.05, 0.1) is 12.8 Å². The minimum absolute atomic E-state index is 0. The Balaban J connectivity index is 0.00000280. The Kier molecular flexibility index (Phi) is 7.88. The molecule has 8 nitrogen and oxygen atoms in total. The number of piperidine rings is 1. The van der Waals surface area contributed by atoms with Crippen molar-refractivity contribution in [3.63, 3.8) is 0 Å². The average Bonchev–Trinajstić information content (AvgIpc) is 3.20. The Labute approximate surface area is 171 Å². The quantitative estimate of drug-likeness (QED) is 0.748. The number of piperazine rings is 1. The van der Waals surface area contributed by atoms with Gasteiger partial charge in [0.1, 0.15) is 6.04 Å². The van der Waals surface area contributed by atoms with Crippen LogP contribution in [-0.2, 0) is 9.59 Å². The van der Waals surface area contributed by atoms with E-state index in [1.807, 2.05) is 18.7 Å². The molecule has 3 rings (SSSR count). The number of likely N-dealkylation sites (tertiary alicyclic amines) is 1. The molecule has 2 fully saturated rings. The molecule has 9 heteroatoms. The van der Waals surface area contributed by atoms with Crippen LogP contribution in [0, 0.1) is 5.92 Å². The minimum Gasteiger partial charge on any atom is -0.459 e. The molecule has 2 aliphatic rings. The van der Waals surface area contributed by atoms with Gasteiger partial charge in [0.25, 0.3) is 5.91 Å². The van der Waals surface area contributed by atoms with Gasteiger partial charge in [0.2, 0.25) is 11.8 Å². The monoisotopic (exact) mass is 412 g/mol. The Bertz CT molecular complexity index is 679. The lowest BCUT2D eigenvalue weighted by Gasteiger charge is -2.42. The molecule has 2 aliphatic heterocycles. The standard InChI is InChI=1S/C19H28N4O4.ClH/c1-13(2)17(21-18(25)15-6-4-10-27-15)19(26)22-8-3-5-14(12-22)23-9-7-20-11-16(23)24;/h4,6,10,13-14,17,20H,3,5,7-9,11-12H2,1-2H3,(H,21,25);1H. The van der Waals surface area contributed by atoms with Gasteiger partial charge in [0.15, 0.2) is 5.76 Å². The summed E-state index contributed by atoms with van der Waals surface area (Å²) < 4.78 is 5.12. The molecular formula is C19H29ClN4O4. The maximum absolute atomic E-state index is 13.1. The maximum Gasteiger partial charge on any atom is 0.287 e. The number of rotatable bonds is 5. The van der Waals surface area contributed by atoms with Crippen LogP contribution >= 0.6 is 12.4 Å². The molecule has 3 heterocycles. The van der Waals surface area contributed by atoms with Crippen molar-refractivity contribution in [2.24, 2.45) is 5.92 Å².